The molecule has 3 aromatic rings. The van der Waals surface area contributed by atoms with Crippen LogP contribution < -0.4 is 14.8 Å². The summed E-state index contributed by atoms with van der Waals surface area (Å²) in [6.07, 6.45) is 1.41. The van der Waals surface area contributed by atoms with E-state index in [1.165, 1.54) is 31.5 Å². The standard InChI is InChI=1S/C19H18FN3O3S/c1-13-11-17(26-2)8-9-18(13)27(24,25)23-16-7-10-19(21-12-16)22-15-5-3-14(20)4-6-15/h3-12,23H,1-2H3,(H,21,22). The predicted molar refractivity (Wildman–Crippen MR) is 102 cm³/mol. The van der Waals surface area contributed by atoms with Crippen molar-refractivity contribution in [3.05, 3.63) is 72.2 Å². The normalized spacial score (nSPS) is 11.1. The Labute approximate surface area is 157 Å². The number of methoxy groups -OCH3 is 1. The Bertz CT molecular complexity index is 1040. The van der Waals surface area contributed by atoms with Gasteiger partial charge in [-0.2, -0.15) is 0 Å². The first-order valence-corrected chi connectivity index (χ1v) is 9.52. The van der Waals surface area contributed by atoms with E-state index in [0.717, 1.165) is 0 Å². The molecule has 0 spiro atoms. The molecule has 0 amide bonds. The van der Waals surface area contributed by atoms with Gasteiger partial charge in [0.05, 0.1) is 23.9 Å². The average molecular weight is 387 g/mol. The summed E-state index contributed by atoms with van der Waals surface area (Å²) in [6.45, 7) is 1.70. The van der Waals surface area contributed by atoms with Gasteiger partial charge in [-0.25, -0.2) is 17.8 Å². The maximum Gasteiger partial charge on any atom is 0.262 e. The molecule has 0 aliphatic heterocycles. The lowest BCUT2D eigenvalue weighted by Crippen LogP contribution is -2.14. The van der Waals surface area contributed by atoms with Gasteiger partial charge in [-0.05, 0) is 67.1 Å². The number of halogens is 1. The first-order chi connectivity index (χ1) is 12.9. The largest absolute Gasteiger partial charge is 0.497 e. The molecule has 2 N–H and O–H groups in total. The van der Waals surface area contributed by atoms with E-state index in [4.69, 9.17) is 4.74 Å². The van der Waals surface area contributed by atoms with Gasteiger partial charge in [0.25, 0.3) is 10.0 Å². The second-order valence-electron chi connectivity index (χ2n) is 5.80. The molecular formula is C19H18FN3O3S. The van der Waals surface area contributed by atoms with Crippen molar-refractivity contribution in [3.63, 3.8) is 0 Å². The van der Waals surface area contributed by atoms with Gasteiger partial charge in [0.1, 0.15) is 17.4 Å². The lowest BCUT2D eigenvalue weighted by Gasteiger charge is -2.12. The number of pyridine rings is 1. The van der Waals surface area contributed by atoms with Gasteiger partial charge in [-0.3, -0.25) is 4.72 Å². The van der Waals surface area contributed by atoms with Gasteiger partial charge in [0.15, 0.2) is 0 Å². The molecule has 0 atom stereocenters. The summed E-state index contributed by atoms with van der Waals surface area (Å²) in [6, 6.07) is 13.8. The summed E-state index contributed by atoms with van der Waals surface area (Å²) in [4.78, 5) is 4.34. The Morgan fingerprint density at radius 1 is 1.00 bits per heavy atom. The van der Waals surface area contributed by atoms with Crippen LogP contribution in [0.3, 0.4) is 0 Å². The SMILES string of the molecule is COc1ccc(S(=O)(=O)Nc2ccc(Nc3ccc(F)cc3)nc2)c(C)c1. The fourth-order valence-electron chi connectivity index (χ4n) is 2.47. The first-order valence-electron chi connectivity index (χ1n) is 8.03. The smallest absolute Gasteiger partial charge is 0.262 e. The topological polar surface area (TPSA) is 80.3 Å². The quantitative estimate of drug-likeness (QED) is 0.666. The van der Waals surface area contributed by atoms with Crippen molar-refractivity contribution in [2.24, 2.45) is 0 Å². The van der Waals surface area contributed by atoms with Crippen molar-refractivity contribution in [1.82, 2.24) is 4.98 Å². The average Bonchev–Trinajstić information content (AvgIpc) is 2.64. The van der Waals surface area contributed by atoms with E-state index in [0.29, 0.717) is 28.5 Å². The Morgan fingerprint density at radius 3 is 2.30 bits per heavy atom. The summed E-state index contributed by atoms with van der Waals surface area (Å²) in [7, 11) is -2.23. The van der Waals surface area contributed by atoms with E-state index >= 15 is 0 Å². The number of hydrogen-bond donors (Lipinski definition) is 2. The van der Waals surface area contributed by atoms with Crippen LogP contribution in [0.25, 0.3) is 0 Å². The maximum atomic E-state index is 12.9. The third-order valence-corrected chi connectivity index (χ3v) is 5.35. The number of anilines is 3. The minimum Gasteiger partial charge on any atom is -0.497 e. The third kappa shape index (κ3) is 4.53. The number of sulfonamides is 1. The molecule has 0 fully saturated rings. The monoisotopic (exact) mass is 387 g/mol. The van der Waals surface area contributed by atoms with Crippen LogP contribution in [0.1, 0.15) is 5.56 Å². The Hall–Kier alpha value is -3.13. The molecular weight excluding hydrogens is 369 g/mol. The highest BCUT2D eigenvalue weighted by molar-refractivity contribution is 7.92. The highest BCUT2D eigenvalue weighted by Gasteiger charge is 2.17. The molecule has 1 aromatic heterocycles. The zero-order chi connectivity index (χ0) is 19.4. The van der Waals surface area contributed by atoms with E-state index in [2.05, 4.69) is 15.0 Å². The first kappa shape index (κ1) is 18.7. The van der Waals surface area contributed by atoms with E-state index in [9.17, 15) is 12.8 Å². The minimum absolute atomic E-state index is 0.164. The van der Waals surface area contributed by atoms with Crippen LogP contribution in [0, 0.1) is 12.7 Å². The third-order valence-electron chi connectivity index (χ3n) is 3.80. The van der Waals surface area contributed by atoms with Crippen LogP contribution in [0.4, 0.5) is 21.6 Å². The molecule has 0 aliphatic rings. The Kier molecular flexibility index (Phi) is 5.27. The van der Waals surface area contributed by atoms with Crippen LogP contribution in [-0.4, -0.2) is 20.5 Å². The minimum atomic E-state index is -3.75. The van der Waals surface area contributed by atoms with Crippen LogP contribution in [-0.2, 0) is 10.0 Å². The van der Waals surface area contributed by atoms with Gasteiger partial charge < -0.3 is 10.1 Å². The molecule has 0 aliphatic carbocycles. The number of hydrogen-bond acceptors (Lipinski definition) is 5. The number of ether oxygens (including phenoxy) is 1. The zero-order valence-corrected chi connectivity index (χ0v) is 15.5. The number of aromatic nitrogens is 1. The van der Waals surface area contributed by atoms with E-state index in [-0.39, 0.29) is 10.7 Å². The fourth-order valence-corrected chi connectivity index (χ4v) is 3.74. The van der Waals surface area contributed by atoms with Gasteiger partial charge >= 0.3 is 0 Å². The summed E-state index contributed by atoms with van der Waals surface area (Å²) in [5.74, 6) is 0.765. The van der Waals surface area contributed by atoms with Crippen molar-refractivity contribution in [2.75, 3.05) is 17.1 Å². The number of aryl methyl sites for hydroxylation is 1. The molecule has 2 aromatic carbocycles. The summed E-state index contributed by atoms with van der Waals surface area (Å²) in [5.41, 5.74) is 1.57. The lowest BCUT2D eigenvalue weighted by atomic mass is 10.2. The number of benzene rings is 2. The van der Waals surface area contributed by atoms with E-state index in [1.54, 1.807) is 43.3 Å². The number of nitrogens with one attached hydrogen (secondary N) is 2. The summed E-state index contributed by atoms with van der Waals surface area (Å²) >= 11 is 0. The second kappa shape index (κ2) is 7.63. The highest BCUT2D eigenvalue weighted by atomic mass is 32.2. The molecule has 8 heteroatoms. The molecule has 3 rings (SSSR count). The molecule has 0 saturated heterocycles. The molecule has 140 valence electrons. The molecule has 27 heavy (non-hydrogen) atoms. The zero-order valence-electron chi connectivity index (χ0n) is 14.7. The van der Waals surface area contributed by atoms with Crippen LogP contribution in [0.5, 0.6) is 5.75 Å². The summed E-state index contributed by atoms with van der Waals surface area (Å²) < 4.78 is 45.7. The van der Waals surface area contributed by atoms with Gasteiger partial charge in [-0.15, -0.1) is 0 Å². The molecule has 1 heterocycles. The number of nitrogens with zero attached hydrogens (tertiary/aromatic N) is 1. The van der Waals surface area contributed by atoms with Crippen molar-refractivity contribution < 1.29 is 17.5 Å². The van der Waals surface area contributed by atoms with Crippen molar-refractivity contribution >= 4 is 27.2 Å². The lowest BCUT2D eigenvalue weighted by molar-refractivity contribution is 0.414. The second-order valence-corrected chi connectivity index (χ2v) is 7.45. The van der Waals surface area contributed by atoms with E-state index < -0.39 is 10.0 Å². The summed E-state index contributed by atoms with van der Waals surface area (Å²) in [5, 5.41) is 3.01. The molecule has 0 bridgehead atoms. The van der Waals surface area contributed by atoms with E-state index in [1.807, 2.05) is 0 Å². The fraction of sp³-hybridized carbons (Fsp3) is 0.105. The maximum absolute atomic E-state index is 12.9. The van der Waals surface area contributed by atoms with Crippen molar-refractivity contribution in [1.29, 1.82) is 0 Å². The van der Waals surface area contributed by atoms with Crippen LogP contribution in [0.2, 0.25) is 0 Å². The molecule has 0 radical (unpaired) electrons. The molecule has 0 unspecified atom stereocenters. The highest BCUT2D eigenvalue weighted by Crippen LogP contribution is 2.24. The van der Waals surface area contributed by atoms with Gasteiger partial charge in [-0.1, -0.05) is 0 Å². The molecule has 6 nitrogen and oxygen atoms in total. The van der Waals surface area contributed by atoms with Gasteiger partial charge in [0, 0.05) is 5.69 Å². The Balaban J connectivity index is 1.74. The van der Waals surface area contributed by atoms with Crippen molar-refractivity contribution in [3.8, 4) is 5.75 Å². The van der Waals surface area contributed by atoms with Crippen molar-refractivity contribution in [2.45, 2.75) is 11.8 Å². The molecule has 0 saturated carbocycles. The predicted octanol–water partition coefficient (Wildman–Crippen LogP) is 4.08. The Morgan fingerprint density at radius 2 is 1.70 bits per heavy atom. The van der Waals surface area contributed by atoms with Crippen LogP contribution in [0.15, 0.2) is 65.7 Å². The number of rotatable bonds is 6. The van der Waals surface area contributed by atoms with Crippen LogP contribution >= 0.6 is 0 Å². The van der Waals surface area contributed by atoms with Gasteiger partial charge in [0.2, 0.25) is 0 Å².